The quantitative estimate of drug-likeness (QED) is 0.346. The lowest BCUT2D eigenvalue weighted by molar-refractivity contribution is -0.279. The van der Waals surface area contributed by atoms with Crippen LogP contribution in [0.5, 0.6) is 5.75 Å². The predicted octanol–water partition coefficient (Wildman–Crippen LogP) is 5.43. The second-order valence-corrected chi connectivity index (χ2v) is 9.01. The van der Waals surface area contributed by atoms with Gasteiger partial charge in [-0.1, -0.05) is 0 Å². The van der Waals surface area contributed by atoms with Crippen LogP contribution >= 0.6 is 0 Å². The SMILES string of the molecule is COc1cc(C)c2[nH]ccc2c1C(OCC(C)(C)C(=O)O)(c1nc2cc(C#N)ccc2o1)C(F)(F)F. The summed E-state index contributed by atoms with van der Waals surface area (Å²) in [6.07, 6.45) is -3.71. The Balaban J connectivity index is 2.12. The van der Waals surface area contributed by atoms with Gasteiger partial charge in [-0.2, -0.15) is 18.4 Å². The van der Waals surface area contributed by atoms with Gasteiger partial charge in [0.2, 0.25) is 5.89 Å². The van der Waals surface area contributed by atoms with Crippen molar-refractivity contribution in [2.45, 2.75) is 32.5 Å². The van der Waals surface area contributed by atoms with Crippen LogP contribution in [0.15, 0.2) is 40.9 Å². The summed E-state index contributed by atoms with van der Waals surface area (Å²) >= 11 is 0. The zero-order chi connectivity index (χ0) is 26.5. The van der Waals surface area contributed by atoms with Gasteiger partial charge in [0, 0.05) is 17.1 Å². The summed E-state index contributed by atoms with van der Waals surface area (Å²) in [5.41, 5.74) is -4.28. The standard InChI is InChI=1S/C25H22F3N3O5/c1-13-9-18(34-4)19(15-7-8-30-20(13)15)24(25(26,27)28,35-12-23(2,3)22(32)33)21-31-16-10-14(11-29)5-6-17(16)36-21/h5-10,30H,12H2,1-4H3,(H,32,33). The first-order valence-corrected chi connectivity index (χ1v) is 10.8. The molecule has 36 heavy (non-hydrogen) atoms. The zero-order valence-electron chi connectivity index (χ0n) is 19.8. The van der Waals surface area contributed by atoms with Crippen LogP contribution in [0.4, 0.5) is 13.2 Å². The van der Waals surface area contributed by atoms with Crippen molar-refractivity contribution in [1.82, 2.24) is 9.97 Å². The molecule has 0 aliphatic heterocycles. The minimum atomic E-state index is -5.19. The molecule has 4 rings (SSSR count). The number of aromatic amines is 1. The highest BCUT2D eigenvalue weighted by Gasteiger charge is 2.65. The van der Waals surface area contributed by atoms with E-state index in [1.165, 1.54) is 57.5 Å². The monoisotopic (exact) mass is 501 g/mol. The van der Waals surface area contributed by atoms with Gasteiger partial charge in [0.25, 0.3) is 5.60 Å². The van der Waals surface area contributed by atoms with Gasteiger partial charge in [-0.3, -0.25) is 4.79 Å². The minimum absolute atomic E-state index is 0.00453. The maximum Gasteiger partial charge on any atom is 0.431 e. The maximum atomic E-state index is 15.4. The van der Waals surface area contributed by atoms with E-state index in [1.807, 2.05) is 6.07 Å². The molecule has 1 atom stereocenters. The minimum Gasteiger partial charge on any atom is -0.496 e. The third kappa shape index (κ3) is 3.83. The predicted molar refractivity (Wildman–Crippen MR) is 123 cm³/mol. The molecule has 2 heterocycles. The first kappa shape index (κ1) is 25.1. The number of hydrogen-bond acceptors (Lipinski definition) is 6. The number of oxazole rings is 1. The zero-order valence-corrected chi connectivity index (χ0v) is 19.8. The molecule has 2 aromatic carbocycles. The number of carbonyl (C=O) groups is 1. The van der Waals surface area contributed by atoms with E-state index >= 15 is 13.2 Å². The highest BCUT2D eigenvalue weighted by Crippen LogP contribution is 2.53. The van der Waals surface area contributed by atoms with Crippen LogP contribution in [0.25, 0.3) is 22.0 Å². The molecular formula is C25H22F3N3O5. The number of hydrogen-bond donors (Lipinski definition) is 2. The van der Waals surface area contributed by atoms with Crippen molar-refractivity contribution in [1.29, 1.82) is 5.26 Å². The third-order valence-electron chi connectivity index (χ3n) is 6.02. The number of aryl methyl sites for hydroxylation is 1. The number of ether oxygens (including phenoxy) is 2. The average molecular weight is 501 g/mol. The summed E-state index contributed by atoms with van der Waals surface area (Å²) in [5.74, 6) is -2.37. The lowest BCUT2D eigenvalue weighted by atomic mass is 9.86. The van der Waals surface area contributed by atoms with E-state index in [4.69, 9.17) is 13.9 Å². The smallest absolute Gasteiger partial charge is 0.431 e. The second-order valence-electron chi connectivity index (χ2n) is 9.01. The van der Waals surface area contributed by atoms with E-state index in [0.29, 0.717) is 11.1 Å². The van der Waals surface area contributed by atoms with Crippen molar-refractivity contribution in [2.75, 3.05) is 13.7 Å². The van der Waals surface area contributed by atoms with E-state index in [2.05, 4.69) is 9.97 Å². The first-order chi connectivity index (χ1) is 16.9. The maximum absolute atomic E-state index is 15.4. The fourth-order valence-corrected chi connectivity index (χ4v) is 3.99. The number of rotatable bonds is 7. The Morgan fingerprint density at radius 1 is 1.25 bits per heavy atom. The van der Waals surface area contributed by atoms with Crippen molar-refractivity contribution in [3.63, 3.8) is 0 Å². The van der Waals surface area contributed by atoms with E-state index in [1.54, 1.807) is 6.92 Å². The molecule has 8 nitrogen and oxygen atoms in total. The molecule has 0 fully saturated rings. The number of benzene rings is 2. The number of nitriles is 1. The van der Waals surface area contributed by atoms with Crippen LogP contribution in [0, 0.1) is 23.7 Å². The summed E-state index contributed by atoms with van der Waals surface area (Å²) in [6, 6.07) is 8.80. The van der Waals surface area contributed by atoms with Crippen LogP contribution in [0.2, 0.25) is 0 Å². The molecule has 0 saturated carbocycles. The molecule has 0 aliphatic rings. The average Bonchev–Trinajstić information content (AvgIpc) is 3.46. The molecule has 0 saturated heterocycles. The van der Waals surface area contributed by atoms with Gasteiger partial charge < -0.3 is 24.0 Å². The molecule has 0 radical (unpaired) electrons. The number of carboxylic acid groups (broad SMARTS) is 1. The van der Waals surface area contributed by atoms with Gasteiger partial charge in [0.15, 0.2) is 5.58 Å². The molecule has 2 aromatic heterocycles. The second kappa shape index (κ2) is 8.57. The molecule has 2 N–H and O–H groups in total. The molecule has 0 spiro atoms. The Hall–Kier alpha value is -4.04. The fraction of sp³-hybridized carbons (Fsp3) is 0.320. The summed E-state index contributed by atoms with van der Waals surface area (Å²) in [6.45, 7) is 3.37. The molecule has 0 amide bonds. The summed E-state index contributed by atoms with van der Waals surface area (Å²) in [5, 5.41) is 18.9. The van der Waals surface area contributed by atoms with Crippen molar-refractivity contribution in [3.8, 4) is 11.8 Å². The number of carboxylic acids is 1. The van der Waals surface area contributed by atoms with Crippen LogP contribution in [0.3, 0.4) is 0 Å². The number of H-pyrrole nitrogens is 1. The number of nitrogens with one attached hydrogen (secondary N) is 1. The van der Waals surface area contributed by atoms with Crippen LogP contribution in [0.1, 0.15) is 36.4 Å². The topological polar surface area (TPSA) is 121 Å². The van der Waals surface area contributed by atoms with E-state index in [-0.39, 0.29) is 27.8 Å². The molecule has 0 bridgehead atoms. The fourth-order valence-electron chi connectivity index (χ4n) is 3.99. The Morgan fingerprint density at radius 3 is 2.58 bits per heavy atom. The van der Waals surface area contributed by atoms with E-state index in [0.717, 1.165) is 0 Å². The Kier molecular flexibility index (Phi) is 5.96. The van der Waals surface area contributed by atoms with Crippen LogP contribution in [-0.2, 0) is 15.1 Å². The number of fused-ring (bicyclic) bond motifs is 2. The van der Waals surface area contributed by atoms with E-state index < -0.39 is 41.2 Å². The van der Waals surface area contributed by atoms with E-state index in [9.17, 15) is 15.2 Å². The highest BCUT2D eigenvalue weighted by molar-refractivity contribution is 5.90. The molecule has 188 valence electrons. The van der Waals surface area contributed by atoms with Crippen LogP contribution in [-0.4, -0.2) is 40.9 Å². The molecule has 0 aliphatic carbocycles. The number of nitrogens with zero attached hydrogens (tertiary/aromatic N) is 2. The molecule has 11 heteroatoms. The summed E-state index contributed by atoms with van der Waals surface area (Å²) in [7, 11) is 1.23. The molecule has 1 unspecified atom stereocenters. The van der Waals surface area contributed by atoms with Gasteiger partial charge in [-0.25, -0.2) is 4.98 Å². The summed E-state index contributed by atoms with van der Waals surface area (Å²) in [4.78, 5) is 18.8. The van der Waals surface area contributed by atoms with Gasteiger partial charge in [0.05, 0.1) is 36.3 Å². The largest absolute Gasteiger partial charge is 0.496 e. The molecular weight excluding hydrogens is 479 g/mol. The van der Waals surface area contributed by atoms with Gasteiger partial charge in [-0.05, 0) is 56.7 Å². The third-order valence-corrected chi connectivity index (χ3v) is 6.02. The summed E-state index contributed by atoms with van der Waals surface area (Å²) < 4.78 is 62.7. The number of aromatic nitrogens is 2. The number of aliphatic carboxylic acids is 1. The van der Waals surface area contributed by atoms with Gasteiger partial charge >= 0.3 is 12.1 Å². The van der Waals surface area contributed by atoms with Gasteiger partial charge in [-0.15, -0.1) is 0 Å². The Labute approximate surface area is 203 Å². The van der Waals surface area contributed by atoms with Crippen molar-refractivity contribution >= 4 is 28.0 Å². The number of halogens is 3. The van der Waals surface area contributed by atoms with Crippen molar-refractivity contribution in [3.05, 3.63) is 59.1 Å². The first-order valence-electron chi connectivity index (χ1n) is 10.8. The van der Waals surface area contributed by atoms with Crippen LogP contribution < -0.4 is 4.74 Å². The number of alkyl halides is 3. The van der Waals surface area contributed by atoms with Crippen molar-refractivity contribution in [2.24, 2.45) is 5.41 Å². The normalized spacial score (nSPS) is 14.1. The lowest BCUT2D eigenvalue weighted by Crippen LogP contribution is -2.49. The Bertz CT molecular complexity index is 1510. The van der Waals surface area contributed by atoms with Crippen molar-refractivity contribution < 1.29 is 37.0 Å². The number of methoxy groups -OCH3 is 1. The Morgan fingerprint density at radius 2 is 1.97 bits per heavy atom. The van der Waals surface area contributed by atoms with Gasteiger partial charge in [0.1, 0.15) is 11.3 Å². The molecule has 4 aromatic rings. The highest BCUT2D eigenvalue weighted by atomic mass is 19.4. The lowest BCUT2D eigenvalue weighted by Gasteiger charge is -2.36.